The van der Waals surface area contributed by atoms with Crippen molar-refractivity contribution < 1.29 is 4.79 Å². The van der Waals surface area contributed by atoms with Crippen molar-refractivity contribution in [3.63, 3.8) is 0 Å². The average Bonchev–Trinajstić information content (AvgIpc) is 3.26. The van der Waals surface area contributed by atoms with Crippen LogP contribution in [-0.2, 0) is 4.79 Å². The molecule has 1 amide bonds. The normalized spacial score (nSPS) is 12.2. The summed E-state index contributed by atoms with van der Waals surface area (Å²) in [6, 6.07) is 21.1. The second-order valence-corrected chi connectivity index (χ2v) is 9.94. The third-order valence-electron chi connectivity index (χ3n) is 6.05. The number of carbonyl (C=O) groups excluding carboxylic acids is 1. The fraction of sp³-hybridized carbons (Fsp3) is 0.185. The first-order chi connectivity index (χ1) is 16.8. The number of nitrogens with zero attached hydrogens (tertiary/aromatic N) is 4. The highest BCUT2D eigenvalue weighted by Gasteiger charge is 2.23. The van der Waals surface area contributed by atoms with E-state index in [1.807, 2.05) is 92.8 Å². The van der Waals surface area contributed by atoms with Gasteiger partial charge in [0, 0.05) is 5.69 Å². The minimum Gasteiger partial charge on any atom is -0.325 e. The van der Waals surface area contributed by atoms with Crippen LogP contribution in [0.4, 0.5) is 5.69 Å². The highest BCUT2D eigenvalue weighted by Crippen LogP contribution is 2.28. The highest BCUT2D eigenvalue weighted by atomic mass is 32.2. The molecule has 2 aromatic heterocycles. The van der Waals surface area contributed by atoms with Gasteiger partial charge in [-0.2, -0.15) is 0 Å². The first kappa shape index (κ1) is 22.9. The van der Waals surface area contributed by atoms with E-state index in [0.717, 1.165) is 28.1 Å². The average molecular weight is 484 g/mol. The summed E-state index contributed by atoms with van der Waals surface area (Å²) in [6.07, 6.45) is 0. The van der Waals surface area contributed by atoms with Crippen molar-refractivity contribution in [2.45, 2.75) is 38.1 Å². The molecule has 176 valence electrons. The lowest BCUT2D eigenvalue weighted by Crippen LogP contribution is -2.24. The fourth-order valence-electron chi connectivity index (χ4n) is 4.10. The summed E-state index contributed by atoms with van der Waals surface area (Å²) >= 11 is 1.31. The number of thioether (sulfide) groups is 1. The number of anilines is 1. The van der Waals surface area contributed by atoms with Gasteiger partial charge >= 0.3 is 0 Å². The number of fused-ring (bicyclic) bond motifs is 3. The molecule has 0 aliphatic heterocycles. The van der Waals surface area contributed by atoms with Crippen molar-refractivity contribution in [3.8, 4) is 5.69 Å². The molecule has 8 heteroatoms. The van der Waals surface area contributed by atoms with Gasteiger partial charge in [-0.25, -0.2) is 4.57 Å². The minimum absolute atomic E-state index is 0.128. The molecule has 1 N–H and O–H groups in total. The van der Waals surface area contributed by atoms with E-state index in [1.165, 1.54) is 11.8 Å². The molecule has 0 bridgehead atoms. The number of nitrogens with one attached hydrogen (secondary N) is 1. The lowest BCUT2D eigenvalue weighted by atomic mass is 10.1. The summed E-state index contributed by atoms with van der Waals surface area (Å²) in [4.78, 5) is 26.6. The number of para-hydroxylation sites is 2. The number of aromatic nitrogens is 4. The van der Waals surface area contributed by atoms with Crippen LogP contribution in [-0.4, -0.2) is 30.3 Å². The second-order valence-electron chi connectivity index (χ2n) is 8.63. The predicted molar refractivity (Wildman–Crippen MR) is 141 cm³/mol. The summed E-state index contributed by atoms with van der Waals surface area (Å²) in [5.74, 6) is 0.282. The fourth-order valence-corrected chi connectivity index (χ4v) is 4.96. The molecule has 1 unspecified atom stereocenters. The van der Waals surface area contributed by atoms with Crippen molar-refractivity contribution in [2.24, 2.45) is 0 Å². The van der Waals surface area contributed by atoms with Gasteiger partial charge in [-0.3, -0.25) is 14.0 Å². The van der Waals surface area contributed by atoms with Crippen molar-refractivity contribution in [1.82, 2.24) is 19.2 Å². The standard InChI is InChI=1S/C27H25N5O2S/c1-16-13-14-17(2)21(15-16)28-24(33)19(4)35-27-30-29-26-31(22-11-7-5-9-18(22)3)25(34)20-10-6-8-12-23(20)32(26)27/h5-15,19H,1-4H3,(H,28,33). The monoisotopic (exact) mass is 483 g/mol. The van der Waals surface area contributed by atoms with E-state index in [1.54, 1.807) is 10.6 Å². The molecule has 0 spiro atoms. The molecule has 5 aromatic rings. The first-order valence-electron chi connectivity index (χ1n) is 11.3. The Morgan fingerprint density at radius 2 is 1.69 bits per heavy atom. The molecule has 2 heterocycles. The third-order valence-corrected chi connectivity index (χ3v) is 7.10. The largest absolute Gasteiger partial charge is 0.325 e. The first-order valence-corrected chi connectivity index (χ1v) is 12.2. The molecule has 0 saturated carbocycles. The maximum atomic E-state index is 13.5. The Morgan fingerprint density at radius 3 is 2.49 bits per heavy atom. The Morgan fingerprint density at radius 1 is 0.943 bits per heavy atom. The van der Waals surface area contributed by atoms with Gasteiger partial charge < -0.3 is 5.32 Å². The SMILES string of the molecule is Cc1ccc(C)c(NC(=O)C(C)Sc2nnc3n(-c4ccccc4C)c(=O)c4ccccc4n23)c1. The predicted octanol–water partition coefficient (Wildman–Crippen LogP) is 5.08. The summed E-state index contributed by atoms with van der Waals surface area (Å²) in [7, 11) is 0. The number of aryl methyl sites for hydroxylation is 3. The number of hydrogen-bond donors (Lipinski definition) is 1. The van der Waals surface area contributed by atoms with Crippen molar-refractivity contribution in [3.05, 3.63) is 93.8 Å². The molecular formula is C27H25N5O2S. The molecule has 0 saturated heterocycles. The maximum Gasteiger partial charge on any atom is 0.267 e. The lowest BCUT2D eigenvalue weighted by Gasteiger charge is -2.15. The Labute approximate surface area is 206 Å². The van der Waals surface area contributed by atoms with Gasteiger partial charge in [0.05, 0.1) is 21.8 Å². The van der Waals surface area contributed by atoms with Gasteiger partial charge in [-0.15, -0.1) is 10.2 Å². The van der Waals surface area contributed by atoms with Gasteiger partial charge in [0.25, 0.3) is 5.56 Å². The molecule has 3 aromatic carbocycles. The van der Waals surface area contributed by atoms with E-state index in [4.69, 9.17) is 0 Å². The van der Waals surface area contributed by atoms with Gasteiger partial charge in [-0.1, -0.05) is 54.2 Å². The summed E-state index contributed by atoms with van der Waals surface area (Å²) in [5.41, 5.74) is 5.12. The molecule has 0 fully saturated rings. The Kier molecular flexibility index (Phi) is 5.90. The van der Waals surface area contributed by atoms with E-state index in [0.29, 0.717) is 21.8 Å². The number of hydrogen-bond acceptors (Lipinski definition) is 5. The van der Waals surface area contributed by atoms with Gasteiger partial charge in [0.15, 0.2) is 5.16 Å². The Bertz CT molecular complexity index is 1650. The minimum atomic E-state index is -0.445. The molecule has 5 rings (SSSR count). The number of rotatable bonds is 5. The van der Waals surface area contributed by atoms with Gasteiger partial charge in [0.1, 0.15) is 0 Å². The van der Waals surface area contributed by atoms with Crippen LogP contribution in [0.25, 0.3) is 22.4 Å². The smallest absolute Gasteiger partial charge is 0.267 e. The van der Waals surface area contributed by atoms with Crippen molar-refractivity contribution in [2.75, 3.05) is 5.32 Å². The van der Waals surface area contributed by atoms with Crippen LogP contribution < -0.4 is 10.9 Å². The Balaban J connectivity index is 1.59. The van der Waals surface area contributed by atoms with E-state index < -0.39 is 5.25 Å². The van der Waals surface area contributed by atoms with Gasteiger partial charge in [0.2, 0.25) is 11.7 Å². The van der Waals surface area contributed by atoms with E-state index in [9.17, 15) is 9.59 Å². The molecule has 7 nitrogen and oxygen atoms in total. The van der Waals surface area contributed by atoms with Crippen LogP contribution in [0.15, 0.2) is 76.7 Å². The third kappa shape index (κ3) is 4.10. The lowest BCUT2D eigenvalue weighted by molar-refractivity contribution is -0.115. The van der Waals surface area contributed by atoms with Crippen LogP contribution in [0, 0.1) is 20.8 Å². The molecule has 0 aliphatic carbocycles. The molecular weight excluding hydrogens is 458 g/mol. The molecule has 0 radical (unpaired) electrons. The van der Waals surface area contributed by atoms with Crippen molar-refractivity contribution in [1.29, 1.82) is 0 Å². The quantitative estimate of drug-likeness (QED) is 0.353. The molecule has 35 heavy (non-hydrogen) atoms. The maximum absolute atomic E-state index is 13.5. The van der Waals surface area contributed by atoms with E-state index in [2.05, 4.69) is 15.5 Å². The summed E-state index contributed by atoms with van der Waals surface area (Å²) in [5, 5.41) is 12.5. The zero-order valence-corrected chi connectivity index (χ0v) is 20.8. The van der Waals surface area contributed by atoms with E-state index >= 15 is 0 Å². The number of carbonyl (C=O) groups is 1. The topological polar surface area (TPSA) is 81.3 Å². The Hall–Kier alpha value is -3.91. The molecule has 1 atom stereocenters. The highest BCUT2D eigenvalue weighted by molar-refractivity contribution is 8.00. The number of benzene rings is 3. The second kappa shape index (κ2) is 9.03. The van der Waals surface area contributed by atoms with Crippen LogP contribution in [0.5, 0.6) is 0 Å². The zero-order valence-electron chi connectivity index (χ0n) is 19.9. The van der Waals surface area contributed by atoms with Crippen molar-refractivity contribution >= 4 is 40.0 Å². The van der Waals surface area contributed by atoms with Crippen LogP contribution >= 0.6 is 11.8 Å². The van der Waals surface area contributed by atoms with Crippen LogP contribution in [0.2, 0.25) is 0 Å². The number of amides is 1. The van der Waals surface area contributed by atoms with Crippen LogP contribution in [0.1, 0.15) is 23.6 Å². The zero-order chi connectivity index (χ0) is 24.7. The summed E-state index contributed by atoms with van der Waals surface area (Å²) < 4.78 is 3.45. The van der Waals surface area contributed by atoms with Gasteiger partial charge in [-0.05, 0) is 68.7 Å². The molecule has 0 aliphatic rings. The summed E-state index contributed by atoms with van der Waals surface area (Å²) in [6.45, 7) is 7.76. The van der Waals surface area contributed by atoms with Crippen LogP contribution in [0.3, 0.4) is 0 Å². The van der Waals surface area contributed by atoms with E-state index in [-0.39, 0.29) is 11.5 Å².